The van der Waals surface area contributed by atoms with Crippen molar-refractivity contribution in [1.82, 2.24) is 14.5 Å². The number of hydrogen-bond acceptors (Lipinski definition) is 4. The normalized spacial score (nSPS) is 16.2. The number of benzene rings is 1. The molecule has 8 nitrogen and oxygen atoms in total. The van der Waals surface area contributed by atoms with E-state index in [2.05, 4.69) is 5.32 Å². The third-order valence-electron chi connectivity index (χ3n) is 3.97. The molecule has 0 aromatic heterocycles. The minimum atomic E-state index is -3.56. The maximum Gasteiger partial charge on any atom is 0.317 e. The quantitative estimate of drug-likeness (QED) is 0.726. The summed E-state index contributed by atoms with van der Waals surface area (Å²) in [4.78, 5) is 24.4. The lowest BCUT2D eigenvalue weighted by atomic mass is 10.3. The van der Waals surface area contributed by atoms with Crippen LogP contribution in [-0.4, -0.2) is 67.5 Å². The molecule has 0 radical (unpaired) electrons. The second-order valence-corrected chi connectivity index (χ2v) is 7.72. The predicted molar refractivity (Wildman–Crippen MR) is 91.7 cm³/mol. The zero-order chi connectivity index (χ0) is 18.3. The number of carbonyl (C=O) groups is 2. The van der Waals surface area contributed by atoms with Crippen LogP contribution in [0, 0.1) is 0 Å². The van der Waals surface area contributed by atoms with Gasteiger partial charge in [0.2, 0.25) is 10.0 Å². The molecule has 1 heterocycles. The minimum absolute atomic E-state index is 0.00335. The van der Waals surface area contributed by atoms with Crippen molar-refractivity contribution in [2.24, 2.45) is 0 Å². The van der Waals surface area contributed by atoms with Gasteiger partial charge < -0.3 is 15.3 Å². The van der Waals surface area contributed by atoms with Gasteiger partial charge in [0.15, 0.2) is 0 Å². The Balaban J connectivity index is 1.89. The third kappa shape index (κ3) is 5.43. The van der Waals surface area contributed by atoms with Crippen molar-refractivity contribution in [2.45, 2.75) is 24.2 Å². The van der Waals surface area contributed by atoms with Crippen LogP contribution in [0.3, 0.4) is 0 Å². The fourth-order valence-corrected chi connectivity index (χ4v) is 4.12. The summed E-state index contributed by atoms with van der Waals surface area (Å²) in [7, 11) is -3.56. The van der Waals surface area contributed by atoms with E-state index in [4.69, 9.17) is 5.11 Å². The van der Waals surface area contributed by atoms with E-state index in [1.807, 2.05) is 0 Å². The van der Waals surface area contributed by atoms with Gasteiger partial charge in [-0.2, -0.15) is 4.31 Å². The highest BCUT2D eigenvalue weighted by molar-refractivity contribution is 7.89. The largest absolute Gasteiger partial charge is 0.481 e. The fraction of sp³-hybridized carbons (Fsp3) is 0.500. The summed E-state index contributed by atoms with van der Waals surface area (Å²) >= 11 is 0. The molecular formula is C16H23N3O5S. The summed E-state index contributed by atoms with van der Waals surface area (Å²) in [5, 5.41) is 11.3. The molecule has 138 valence electrons. The lowest BCUT2D eigenvalue weighted by Gasteiger charge is -2.22. The average Bonchev–Trinajstić information content (AvgIpc) is 2.86. The Morgan fingerprint density at radius 2 is 1.80 bits per heavy atom. The maximum absolute atomic E-state index is 12.6. The van der Waals surface area contributed by atoms with E-state index in [1.165, 1.54) is 4.31 Å². The van der Waals surface area contributed by atoms with E-state index in [0.717, 1.165) is 0 Å². The van der Waals surface area contributed by atoms with Gasteiger partial charge in [0.1, 0.15) is 0 Å². The first-order chi connectivity index (χ1) is 11.9. The molecule has 0 atom stereocenters. The Morgan fingerprint density at radius 3 is 2.48 bits per heavy atom. The molecule has 1 aromatic rings. The molecule has 0 unspecified atom stereocenters. The molecule has 2 N–H and O–H groups in total. The number of amides is 2. The van der Waals surface area contributed by atoms with Crippen LogP contribution < -0.4 is 5.32 Å². The molecule has 0 spiro atoms. The molecule has 2 amide bonds. The van der Waals surface area contributed by atoms with E-state index in [1.54, 1.807) is 35.2 Å². The van der Waals surface area contributed by atoms with Gasteiger partial charge in [0.25, 0.3) is 0 Å². The highest BCUT2D eigenvalue weighted by Gasteiger charge is 2.27. The Labute approximate surface area is 147 Å². The third-order valence-corrected chi connectivity index (χ3v) is 5.88. The SMILES string of the molecule is O=C(O)CCCNC(=O)N1CCCN(S(=O)(=O)c2ccccc2)CC1. The van der Waals surface area contributed by atoms with E-state index in [-0.39, 0.29) is 30.4 Å². The van der Waals surface area contributed by atoms with E-state index in [0.29, 0.717) is 32.5 Å². The summed E-state index contributed by atoms with van der Waals surface area (Å²) in [6.45, 7) is 1.65. The minimum Gasteiger partial charge on any atom is -0.481 e. The molecule has 0 saturated carbocycles. The number of nitrogens with zero attached hydrogens (tertiary/aromatic N) is 2. The number of rotatable bonds is 6. The monoisotopic (exact) mass is 369 g/mol. The van der Waals surface area contributed by atoms with Crippen molar-refractivity contribution in [2.75, 3.05) is 32.7 Å². The summed E-state index contributed by atoms with van der Waals surface area (Å²) in [5.74, 6) is -0.897. The van der Waals surface area contributed by atoms with Crippen molar-refractivity contribution < 1.29 is 23.1 Å². The zero-order valence-corrected chi connectivity index (χ0v) is 14.7. The summed E-state index contributed by atoms with van der Waals surface area (Å²) in [6.07, 6.45) is 0.918. The molecule has 1 aliphatic rings. The molecule has 2 rings (SSSR count). The van der Waals surface area contributed by atoms with E-state index in [9.17, 15) is 18.0 Å². The predicted octanol–water partition coefficient (Wildman–Crippen LogP) is 0.957. The highest BCUT2D eigenvalue weighted by atomic mass is 32.2. The van der Waals surface area contributed by atoms with Gasteiger partial charge in [-0.25, -0.2) is 13.2 Å². The van der Waals surface area contributed by atoms with Gasteiger partial charge in [-0.05, 0) is 25.0 Å². The Bertz CT molecular complexity index is 693. The van der Waals surface area contributed by atoms with Crippen LogP contribution in [0.25, 0.3) is 0 Å². The van der Waals surface area contributed by atoms with E-state index < -0.39 is 16.0 Å². The summed E-state index contributed by atoms with van der Waals surface area (Å²) in [5.41, 5.74) is 0. The molecule has 0 bridgehead atoms. The Morgan fingerprint density at radius 1 is 1.08 bits per heavy atom. The van der Waals surface area contributed by atoms with Crippen molar-refractivity contribution in [3.63, 3.8) is 0 Å². The van der Waals surface area contributed by atoms with Crippen LogP contribution in [-0.2, 0) is 14.8 Å². The first-order valence-electron chi connectivity index (χ1n) is 8.21. The fourth-order valence-electron chi connectivity index (χ4n) is 2.63. The van der Waals surface area contributed by atoms with Crippen LogP contribution in [0.4, 0.5) is 4.79 Å². The summed E-state index contributed by atoms with van der Waals surface area (Å²) < 4.78 is 26.7. The molecule has 0 aliphatic carbocycles. The lowest BCUT2D eigenvalue weighted by molar-refractivity contribution is -0.137. The second-order valence-electron chi connectivity index (χ2n) is 5.79. The molecular weight excluding hydrogens is 346 g/mol. The standard InChI is InChI=1S/C16H23N3O5S/c20-15(21)8-4-9-17-16(22)18-10-5-11-19(13-12-18)25(23,24)14-6-2-1-3-7-14/h1-3,6-7H,4-5,8-13H2,(H,17,22)(H,20,21). The molecule has 1 fully saturated rings. The van der Waals surface area contributed by atoms with Gasteiger partial charge in [-0.1, -0.05) is 18.2 Å². The molecule has 9 heteroatoms. The van der Waals surface area contributed by atoms with Crippen molar-refractivity contribution >= 4 is 22.0 Å². The number of carboxylic acid groups (broad SMARTS) is 1. The second kappa shape index (κ2) is 8.82. The lowest BCUT2D eigenvalue weighted by Crippen LogP contribution is -2.43. The van der Waals surface area contributed by atoms with Crippen molar-refractivity contribution in [3.8, 4) is 0 Å². The molecule has 1 saturated heterocycles. The number of nitrogens with one attached hydrogen (secondary N) is 1. The highest BCUT2D eigenvalue weighted by Crippen LogP contribution is 2.17. The van der Waals surface area contributed by atoms with Gasteiger partial charge in [0, 0.05) is 39.1 Å². The number of urea groups is 1. The number of aliphatic carboxylic acids is 1. The van der Waals surface area contributed by atoms with Crippen molar-refractivity contribution in [1.29, 1.82) is 0 Å². The number of hydrogen-bond donors (Lipinski definition) is 2. The van der Waals surface area contributed by atoms with Gasteiger partial charge >= 0.3 is 12.0 Å². The average molecular weight is 369 g/mol. The number of carbonyl (C=O) groups excluding carboxylic acids is 1. The van der Waals surface area contributed by atoms with Crippen LogP contribution >= 0.6 is 0 Å². The molecule has 25 heavy (non-hydrogen) atoms. The maximum atomic E-state index is 12.6. The van der Waals surface area contributed by atoms with E-state index >= 15 is 0 Å². The summed E-state index contributed by atoms with van der Waals surface area (Å²) in [6, 6.07) is 7.96. The molecule has 1 aliphatic heterocycles. The topological polar surface area (TPSA) is 107 Å². The van der Waals surface area contributed by atoms with Crippen LogP contribution in [0.2, 0.25) is 0 Å². The van der Waals surface area contributed by atoms with Crippen molar-refractivity contribution in [3.05, 3.63) is 30.3 Å². The van der Waals surface area contributed by atoms with Gasteiger partial charge in [0.05, 0.1) is 4.90 Å². The Kier molecular flexibility index (Phi) is 6.77. The smallest absolute Gasteiger partial charge is 0.317 e. The number of carboxylic acids is 1. The number of sulfonamides is 1. The Hall–Kier alpha value is -2.13. The van der Waals surface area contributed by atoms with Gasteiger partial charge in [-0.3, -0.25) is 4.79 Å². The van der Waals surface area contributed by atoms with Crippen LogP contribution in [0.1, 0.15) is 19.3 Å². The van der Waals surface area contributed by atoms with Crippen LogP contribution in [0.15, 0.2) is 35.2 Å². The first-order valence-corrected chi connectivity index (χ1v) is 9.65. The zero-order valence-electron chi connectivity index (χ0n) is 13.9. The van der Waals surface area contributed by atoms with Gasteiger partial charge in [-0.15, -0.1) is 0 Å². The van der Waals surface area contributed by atoms with Crippen LogP contribution in [0.5, 0.6) is 0 Å². The molecule has 1 aromatic carbocycles. The first kappa shape index (κ1) is 19.2.